The van der Waals surface area contributed by atoms with E-state index in [9.17, 15) is 20.0 Å². The summed E-state index contributed by atoms with van der Waals surface area (Å²) < 4.78 is 5.62. The van der Waals surface area contributed by atoms with E-state index < -0.39 is 22.7 Å². The number of morpholine rings is 1. The number of carboxylic acid groups (broad SMARTS) is 1. The summed E-state index contributed by atoms with van der Waals surface area (Å²) in [7, 11) is 0. The molecule has 6 heteroatoms. The summed E-state index contributed by atoms with van der Waals surface area (Å²) in [6.07, 6.45) is 7.70. The third-order valence-electron chi connectivity index (χ3n) is 15.6. The maximum atomic E-state index is 13.7. The molecule has 6 nitrogen and oxygen atoms in total. The molecule has 1 N–H and O–H groups in total. The smallest absolute Gasteiger partial charge is 0.310 e. The molecule has 6 aliphatic rings. The second-order valence-electron chi connectivity index (χ2n) is 18.5. The number of anilines is 1. The van der Waals surface area contributed by atoms with Crippen LogP contribution in [0.3, 0.4) is 0 Å². The molecular formula is C41H56N2O4. The fourth-order valence-electron chi connectivity index (χ4n) is 12.8. The number of allylic oxidation sites excluding steroid dienone is 2. The Labute approximate surface area is 282 Å². The average molecular weight is 641 g/mol. The summed E-state index contributed by atoms with van der Waals surface area (Å²) in [4.78, 5) is 29.5. The van der Waals surface area contributed by atoms with Crippen molar-refractivity contribution < 1.29 is 19.4 Å². The zero-order chi connectivity index (χ0) is 33.8. The maximum Gasteiger partial charge on any atom is 0.310 e. The monoisotopic (exact) mass is 640 g/mol. The molecule has 254 valence electrons. The number of fused-ring (bicyclic) bond motifs is 7. The normalized spacial score (nSPS) is 42.3. The summed E-state index contributed by atoms with van der Waals surface area (Å²) >= 11 is 0. The van der Waals surface area contributed by atoms with Gasteiger partial charge in [-0.25, -0.2) is 0 Å². The number of hydrogen-bond donors (Lipinski definition) is 1. The van der Waals surface area contributed by atoms with E-state index in [1.807, 2.05) is 0 Å². The van der Waals surface area contributed by atoms with E-state index in [0.29, 0.717) is 6.42 Å². The molecule has 1 aliphatic heterocycles. The van der Waals surface area contributed by atoms with Gasteiger partial charge in [-0.05, 0) is 120 Å². The van der Waals surface area contributed by atoms with E-state index in [0.717, 1.165) is 77.7 Å². The predicted octanol–water partition coefficient (Wildman–Crippen LogP) is 8.56. The van der Waals surface area contributed by atoms with Crippen LogP contribution in [0.15, 0.2) is 29.8 Å². The second-order valence-corrected chi connectivity index (χ2v) is 18.5. The van der Waals surface area contributed by atoms with Crippen LogP contribution in [0.5, 0.6) is 0 Å². The number of carboxylic acids is 1. The highest BCUT2D eigenvalue weighted by atomic mass is 16.5. The summed E-state index contributed by atoms with van der Waals surface area (Å²) in [6.45, 7) is 19.6. The molecule has 0 bridgehead atoms. The van der Waals surface area contributed by atoms with Crippen molar-refractivity contribution in [2.24, 2.45) is 56.2 Å². The summed E-state index contributed by atoms with van der Waals surface area (Å²) in [6, 6.07) is 11.6. The minimum Gasteiger partial charge on any atom is -0.481 e. The standard InChI is InChI=1S/C41H56N2O4/c1-36(2)14-16-41(35(45)46)17-15-40(7)33(30(41)24-36)29(26-8-10-28(11-9-26)43-18-20-47-21-19-43)22-32-38(5)23-27(25-42)34(44)37(3,4)31(38)12-13-39(32,40)6/h8-11,27,30-32H,12-24H2,1-7H3,(H,45,46)/t27?,30?,31?,32?,38-,39+,40+,41?/m0/s1. The fourth-order valence-corrected chi connectivity index (χ4v) is 12.8. The Morgan fingerprint density at radius 3 is 2.21 bits per heavy atom. The van der Waals surface area contributed by atoms with E-state index in [-0.39, 0.29) is 45.2 Å². The third kappa shape index (κ3) is 4.50. The number of aliphatic carboxylic acids is 1. The number of ether oxygens (including phenoxy) is 1. The lowest BCUT2D eigenvalue weighted by Gasteiger charge is -2.71. The van der Waals surface area contributed by atoms with Crippen molar-refractivity contribution in [1.82, 2.24) is 0 Å². The zero-order valence-corrected chi connectivity index (χ0v) is 29.9. The van der Waals surface area contributed by atoms with Gasteiger partial charge in [-0.2, -0.15) is 5.26 Å². The van der Waals surface area contributed by atoms with Gasteiger partial charge in [0.05, 0.1) is 24.7 Å². The average Bonchev–Trinajstić information content (AvgIpc) is 3.03. The van der Waals surface area contributed by atoms with Crippen LogP contribution in [0.1, 0.15) is 112 Å². The zero-order valence-electron chi connectivity index (χ0n) is 29.9. The molecule has 0 radical (unpaired) electrons. The summed E-state index contributed by atoms with van der Waals surface area (Å²) in [5.41, 5.74) is 3.63. The molecule has 47 heavy (non-hydrogen) atoms. The Morgan fingerprint density at radius 1 is 0.915 bits per heavy atom. The number of nitriles is 1. The second kappa shape index (κ2) is 10.7. The predicted molar refractivity (Wildman–Crippen MR) is 184 cm³/mol. The molecule has 0 spiro atoms. The molecule has 5 unspecified atom stereocenters. The number of carbonyl (C=O) groups is 2. The largest absolute Gasteiger partial charge is 0.481 e. The van der Waals surface area contributed by atoms with E-state index in [1.54, 1.807) is 0 Å². The van der Waals surface area contributed by atoms with Gasteiger partial charge in [0.15, 0.2) is 5.78 Å². The minimum atomic E-state index is -0.723. The number of hydrogen-bond acceptors (Lipinski definition) is 5. The van der Waals surface area contributed by atoms with Crippen molar-refractivity contribution in [2.75, 3.05) is 31.2 Å². The first kappa shape index (κ1) is 32.9. The molecule has 0 amide bonds. The van der Waals surface area contributed by atoms with Gasteiger partial charge < -0.3 is 14.7 Å². The van der Waals surface area contributed by atoms with Gasteiger partial charge in [-0.3, -0.25) is 9.59 Å². The van der Waals surface area contributed by atoms with Crippen LogP contribution in [0, 0.1) is 67.5 Å². The number of ketones is 1. The Kier molecular flexibility index (Phi) is 7.47. The van der Waals surface area contributed by atoms with Crippen molar-refractivity contribution in [3.8, 4) is 6.07 Å². The molecule has 1 saturated heterocycles. The van der Waals surface area contributed by atoms with Crippen molar-refractivity contribution in [2.45, 2.75) is 106 Å². The van der Waals surface area contributed by atoms with Crippen LogP contribution in [0.2, 0.25) is 0 Å². The Bertz CT molecular complexity index is 1550. The lowest BCUT2D eigenvalue weighted by atomic mass is 9.32. The summed E-state index contributed by atoms with van der Waals surface area (Å²) in [5.74, 6) is -0.563. The van der Waals surface area contributed by atoms with Gasteiger partial charge >= 0.3 is 5.97 Å². The molecule has 1 heterocycles. The molecule has 5 fully saturated rings. The number of rotatable bonds is 3. The highest BCUT2D eigenvalue weighted by molar-refractivity contribution is 5.90. The Morgan fingerprint density at radius 2 is 1.57 bits per heavy atom. The Hall–Kier alpha value is -2.65. The van der Waals surface area contributed by atoms with Crippen molar-refractivity contribution in [3.05, 3.63) is 35.4 Å². The van der Waals surface area contributed by atoms with Crippen LogP contribution in [-0.2, 0) is 14.3 Å². The number of carbonyl (C=O) groups excluding carboxylic acids is 1. The van der Waals surface area contributed by atoms with E-state index in [2.05, 4.69) is 83.7 Å². The highest BCUT2D eigenvalue weighted by Crippen LogP contribution is 2.77. The molecule has 4 saturated carbocycles. The van der Waals surface area contributed by atoms with Crippen LogP contribution in [0.25, 0.3) is 5.57 Å². The van der Waals surface area contributed by atoms with Crippen LogP contribution >= 0.6 is 0 Å². The highest BCUT2D eigenvalue weighted by Gasteiger charge is 2.71. The van der Waals surface area contributed by atoms with Gasteiger partial charge in [0.2, 0.25) is 0 Å². The molecular weight excluding hydrogens is 584 g/mol. The van der Waals surface area contributed by atoms with E-state index in [1.165, 1.54) is 22.4 Å². The third-order valence-corrected chi connectivity index (χ3v) is 15.6. The topological polar surface area (TPSA) is 90.6 Å². The molecule has 8 atom stereocenters. The number of nitrogens with zero attached hydrogens (tertiary/aromatic N) is 2. The maximum absolute atomic E-state index is 13.7. The number of Topliss-reactive ketones (excluding diaryl/α,β-unsaturated/α-hetero) is 1. The molecule has 1 aromatic rings. The van der Waals surface area contributed by atoms with Gasteiger partial charge in [0, 0.05) is 24.2 Å². The summed E-state index contributed by atoms with van der Waals surface area (Å²) in [5, 5.41) is 21.3. The lowest BCUT2D eigenvalue weighted by molar-refractivity contribution is -0.191. The first-order valence-electron chi connectivity index (χ1n) is 18.4. The van der Waals surface area contributed by atoms with Crippen molar-refractivity contribution >= 4 is 23.0 Å². The molecule has 0 aromatic heterocycles. The lowest BCUT2D eigenvalue weighted by Crippen LogP contribution is -2.66. The first-order chi connectivity index (χ1) is 22.0. The van der Waals surface area contributed by atoms with Gasteiger partial charge in [-0.1, -0.05) is 66.2 Å². The van der Waals surface area contributed by atoms with Crippen LogP contribution < -0.4 is 4.90 Å². The van der Waals surface area contributed by atoms with Crippen molar-refractivity contribution in [1.29, 1.82) is 5.26 Å². The quantitative estimate of drug-likeness (QED) is 0.356. The molecule has 1 aromatic carbocycles. The van der Waals surface area contributed by atoms with Crippen molar-refractivity contribution in [3.63, 3.8) is 0 Å². The van der Waals surface area contributed by atoms with Gasteiger partial charge in [-0.15, -0.1) is 0 Å². The SMILES string of the molecule is CC1(C)CCC2(C(=O)O)CC[C@]3(C)C(=C(c4ccc(N5CCOCC5)cc4)CC4[C@@]5(C)CC(C#N)C(=O)C(C)(C)C5CC[C@]43C)C2C1. The van der Waals surface area contributed by atoms with Crippen LogP contribution in [0.4, 0.5) is 5.69 Å². The first-order valence-corrected chi connectivity index (χ1v) is 18.4. The van der Waals surface area contributed by atoms with E-state index in [4.69, 9.17) is 4.74 Å². The molecule has 7 rings (SSSR count). The molecule has 5 aliphatic carbocycles. The van der Waals surface area contributed by atoms with Crippen LogP contribution in [-0.4, -0.2) is 43.2 Å². The van der Waals surface area contributed by atoms with E-state index >= 15 is 0 Å². The minimum absolute atomic E-state index is 0.00374. The fraction of sp³-hybridized carbons (Fsp3) is 0.732. The van der Waals surface area contributed by atoms with Gasteiger partial charge in [0.1, 0.15) is 5.92 Å². The Balaban J connectivity index is 1.44. The van der Waals surface area contributed by atoms with Gasteiger partial charge in [0.25, 0.3) is 0 Å². The number of benzene rings is 1.